The molecule has 0 saturated carbocycles. The maximum Gasteiger partial charge on any atom is 0.295 e. The van der Waals surface area contributed by atoms with Crippen LogP contribution in [-0.2, 0) is 10.1 Å². The molecule has 4 aromatic rings. The molecule has 1 aliphatic rings. The number of rotatable bonds is 12. The number of hydrogen-bond donors (Lipinski definition) is 1. The van der Waals surface area contributed by atoms with Gasteiger partial charge in [0, 0.05) is 54.2 Å². The van der Waals surface area contributed by atoms with Gasteiger partial charge in [0.1, 0.15) is 4.90 Å². The summed E-state index contributed by atoms with van der Waals surface area (Å²) in [5.74, 6) is 0. The zero-order valence-electron chi connectivity index (χ0n) is 25.9. The number of nitrogens with zero attached hydrogens (tertiary/aromatic N) is 4. The van der Waals surface area contributed by atoms with Crippen LogP contribution in [0.5, 0.6) is 0 Å². The van der Waals surface area contributed by atoms with Gasteiger partial charge in [-0.05, 0) is 59.2 Å². The van der Waals surface area contributed by atoms with Crippen LogP contribution in [0.2, 0.25) is 0 Å². The first kappa shape index (κ1) is 32.8. The minimum Gasteiger partial charge on any atom is -0.341 e. The second kappa shape index (κ2) is 15.6. The molecule has 0 heterocycles. The molecule has 0 fully saturated rings. The summed E-state index contributed by atoms with van der Waals surface area (Å²) in [6.07, 6.45) is 9.35. The number of hydrogen-bond acceptors (Lipinski definition) is 3. The third-order valence-corrected chi connectivity index (χ3v) is 8.72. The summed E-state index contributed by atoms with van der Waals surface area (Å²) in [5, 5.41) is 0. The molecule has 7 nitrogen and oxygen atoms in total. The summed E-state index contributed by atoms with van der Waals surface area (Å²) >= 11 is 0. The largest absolute Gasteiger partial charge is 0.341 e. The lowest BCUT2D eigenvalue weighted by Gasteiger charge is -2.25. The zero-order valence-corrected chi connectivity index (χ0v) is 26.7. The maximum absolute atomic E-state index is 12.6. The van der Waals surface area contributed by atoms with Crippen LogP contribution in [-0.4, -0.2) is 49.4 Å². The molecule has 0 aliphatic heterocycles. The van der Waals surface area contributed by atoms with E-state index in [0.29, 0.717) is 50.2 Å². The summed E-state index contributed by atoms with van der Waals surface area (Å²) in [6, 6.07) is 34.4. The molecule has 0 aromatic heterocycles. The molecule has 234 valence electrons. The summed E-state index contributed by atoms with van der Waals surface area (Å²) in [5.41, 5.74) is 6.54. The minimum atomic E-state index is -4.52. The lowest BCUT2D eigenvalue weighted by atomic mass is 9.90. The van der Waals surface area contributed by atoms with Crippen molar-refractivity contribution in [1.82, 2.24) is 0 Å². The first-order chi connectivity index (χ1) is 22.9. The second-order valence-corrected chi connectivity index (χ2v) is 12.3. The van der Waals surface area contributed by atoms with Gasteiger partial charge >= 0.3 is 0 Å². The SMILES string of the molecule is [C-]#[N+]CCCN(c1ccccc1)c1ccc(C(=C2C=CC(=[N+](CCC[N+]#[C-])c3ccccc3)C=C2)c2ccccc2S(=O)(=O)O)cc1. The van der Waals surface area contributed by atoms with Crippen molar-refractivity contribution >= 4 is 38.5 Å². The van der Waals surface area contributed by atoms with Gasteiger partial charge < -0.3 is 14.6 Å². The van der Waals surface area contributed by atoms with Gasteiger partial charge in [0.25, 0.3) is 10.1 Å². The normalized spacial score (nSPS) is 12.3. The molecule has 0 amide bonds. The first-order valence-electron chi connectivity index (χ1n) is 15.4. The van der Waals surface area contributed by atoms with E-state index in [1.54, 1.807) is 18.2 Å². The molecular weight excluding hydrogens is 605 g/mol. The Morgan fingerprint density at radius 3 is 1.91 bits per heavy atom. The van der Waals surface area contributed by atoms with Crippen LogP contribution in [0.25, 0.3) is 15.3 Å². The number of para-hydroxylation sites is 2. The van der Waals surface area contributed by atoms with Gasteiger partial charge in [-0.3, -0.25) is 4.55 Å². The Hall–Kier alpha value is -5.54. The average molecular weight is 640 g/mol. The molecule has 0 saturated heterocycles. The van der Waals surface area contributed by atoms with Gasteiger partial charge in [0.15, 0.2) is 6.54 Å². The molecule has 1 N–H and O–H groups in total. The third kappa shape index (κ3) is 8.19. The van der Waals surface area contributed by atoms with E-state index in [4.69, 9.17) is 13.1 Å². The number of benzene rings is 4. The van der Waals surface area contributed by atoms with Gasteiger partial charge in [-0.2, -0.15) is 13.0 Å². The first-order valence-corrected chi connectivity index (χ1v) is 16.8. The summed E-state index contributed by atoms with van der Waals surface area (Å²) in [4.78, 5) is 9.03. The van der Waals surface area contributed by atoms with Gasteiger partial charge in [-0.25, -0.2) is 13.1 Å². The van der Waals surface area contributed by atoms with Crippen LogP contribution in [0.15, 0.2) is 144 Å². The van der Waals surface area contributed by atoms with E-state index in [-0.39, 0.29) is 4.90 Å². The van der Waals surface area contributed by atoms with E-state index >= 15 is 0 Å². The van der Waals surface area contributed by atoms with Crippen molar-refractivity contribution in [2.75, 3.05) is 31.1 Å². The van der Waals surface area contributed by atoms with E-state index < -0.39 is 10.1 Å². The van der Waals surface area contributed by atoms with E-state index in [2.05, 4.69) is 19.2 Å². The molecule has 0 bridgehead atoms. The predicted molar refractivity (Wildman–Crippen MR) is 189 cm³/mol. The lowest BCUT2D eigenvalue weighted by molar-refractivity contribution is -0.439. The maximum atomic E-state index is 12.6. The van der Waals surface area contributed by atoms with E-state index in [9.17, 15) is 13.0 Å². The molecule has 5 rings (SSSR count). The summed E-state index contributed by atoms with van der Waals surface area (Å²) in [7, 11) is -4.52. The quantitative estimate of drug-likeness (QED) is 0.0732. The Bertz CT molecular complexity index is 2000. The van der Waals surface area contributed by atoms with Crippen LogP contribution in [0, 0.1) is 13.1 Å². The zero-order chi connectivity index (χ0) is 33.1. The molecule has 1 aliphatic carbocycles. The van der Waals surface area contributed by atoms with Gasteiger partial charge in [0.05, 0.1) is 6.42 Å². The average Bonchev–Trinajstić information content (AvgIpc) is 3.10. The van der Waals surface area contributed by atoms with Gasteiger partial charge in [-0.1, -0.05) is 66.7 Å². The Morgan fingerprint density at radius 1 is 0.702 bits per heavy atom. The summed E-state index contributed by atoms with van der Waals surface area (Å²) in [6.45, 7) is 16.6. The van der Waals surface area contributed by atoms with Crippen LogP contribution >= 0.6 is 0 Å². The second-order valence-electron chi connectivity index (χ2n) is 10.9. The van der Waals surface area contributed by atoms with Crippen molar-refractivity contribution in [1.29, 1.82) is 0 Å². The molecule has 0 unspecified atom stereocenters. The van der Waals surface area contributed by atoms with Crippen molar-refractivity contribution in [3.8, 4) is 0 Å². The lowest BCUT2D eigenvalue weighted by Crippen LogP contribution is -2.19. The Kier molecular flexibility index (Phi) is 10.9. The minimum absolute atomic E-state index is 0.168. The fraction of sp³-hybridized carbons (Fsp3) is 0.154. The van der Waals surface area contributed by atoms with E-state index in [0.717, 1.165) is 33.9 Å². The monoisotopic (exact) mass is 639 g/mol. The number of anilines is 2. The molecule has 4 aromatic carbocycles. The number of allylic oxidation sites excluding steroid dienone is 5. The fourth-order valence-corrected chi connectivity index (χ4v) is 6.34. The van der Waals surface area contributed by atoms with Crippen molar-refractivity contribution in [3.63, 3.8) is 0 Å². The highest BCUT2D eigenvalue weighted by Crippen LogP contribution is 2.35. The van der Waals surface area contributed by atoms with Crippen molar-refractivity contribution in [3.05, 3.63) is 173 Å². The standard InChI is InChI=1S/C39H34N4O3S/c1-40-27-11-29-42(33-13-5-3-6-14-33)35-23-19-31(20-24-35)39(37-17-9-10-18-38(37)47(44,45)46)32-21-25-36(26-22-32)43(30-12-28-41-2)34-15-7-4-8-16-34/h3-10,13-26H,11-12,27-30H2/p+1. The molecule has 0 radical (unpaired) electrons. The van der Waals surface area contributed by atoms with Crippen LogP contribution < -0.4 is 4.90 Å². The molecule has 0 spiro atoms. The van der Waals surface area contributed by atoms with Crippen molar-refractivity contribution in [2.24, 2.45) is 0 Å². The Labute approximate surface area is 277 Å². The third-order valence-electron chi connectivity index (χ3n) is 7.81. The molecule has 0 atom stereocenters. The van der Waals surface area contributed by atoms with Crippen LogP contribution in [0.3, 0.4) is 0 Å². The van der Waals surface area contributed by atoms with Crippen molar-refractivity contribution in [2.45, 2.75) is 17.7 Å². The fourth-order valence-electron chi connectivity index (χ4n) is 5.64. The highest BCUT2D eigenvalue weighted by Gasteiger charge is 2.23. The predicted octanol–water partition coefficient (Wildman–Crippen LogP) is 8.40. The Morgan fingerprint density at radius 2 is 1.28 bits per heavy atom. The topological polar surface area (TPSA) is 69.3 Å². The van der Waals surface area contributed by atoms with Crippen LogP contribution in [0.1, 0.15) is 24.0 Å². The van der Waals surface area contributed by atoms with Gasteiger partial charge in [0.2, 0.25) is 24.5 Å². The highest BCUT2D eigenvalue weighted by molar-refractivity contribution is 7.86. The highest BCUT2D eigenvalue weighted by atomic mass is 32.2. The van der Waals surface area contributed by atoms with Crippen molar-refractivity contribution < 1.29 is 17.5 Å². The van der Waals surface area contributed by atoms with Crippen LogP contribution in [0.4, 0.5) is 17.1 Å². The molecule has 8 heteroatoms. The molecular formula is C39H35N4O3S+. The van der Waals surface area contributed by atoms with E-state index in [1.807, 2.05) is 109 Å². The summed E-state index contributed by atoms with van der Waals surface area (Å²) < 4.78 is 37.5. The Balaban J connectivity index is 1.62. The van der Waals surface area contributed by atoms with Gasteiger partial charge in [-0.15, -0.1) is 0 Å². The smallest absolute Gasteiger partial charge is 0.295 e. The molecule has 47 heavy (non-hydrogen) atoms. The van der Waals surface area contributed by atoms with E-state index in [1.165, 1.54) is 6.07 Å².